The van der Waals surface area contributed by atoms with Crippen LogP contribution in [0.5, 0.6) is 0 Å². The predicted octanol–water partition coefficient (Wildman–Crippen LogP) is 1.37. The number of aromatic carboxylic acids is 1. The van der Waals surface area contributed by atoms with E-state index < -0.39 is 11.9 Å². The number of anilines is 1. The van der Waals surface area contributed by atoms with Gasteiger partial charge in [-0.25, -0.2) is 9.78 Å². The summed E-state index contributed by atoms with van der Waals surface area (Å²) >= 11 is 0. The Morgan fingerprint density at radius 3 is 2.68 bits per heavy atom. The largest absolute Gasteiger partial charge is 0.477 e. The second kappa shape index (κ2) is 4.89. The number of H-pyrrole nitrogens is 1. The number of amides is 1. The molecule has 0 aliphatic carbocycles. The highest BCUT2D eigenvalue weighted by atomic mass is 16.4. The molecule has 0 radical (unpaired) electrons. The van der Waals surface area contributed by atoms with Gasteiger partial charge in [0.15, 0.2) is 11.4 Å². The van der Waals surface area contributed by atoms with E-state index in [0.717, 1.165) is 5.69 Å². The maximum absolute atomic E-state index is 12.0. The van der Waals surface area contributed by atoms with Crippen molar-refractivity contribution in [1.82, 2.24) is 15.0 Å². The van der Waals surface area contributed by atoms with Crippen LogP contribution in [0.15, 0.2) is 18.5 Å². The van der Waals surface area contributed by atoms with Gasteiger partial charge in [-0.3, -0.25) is 9.78 Å². The van der Waals surface area contributed by atoms with Crippen molar-refractivity contribution in [3.8, 4) is 0 Å². The minimum Gasteiger partial charge on any atom is -0.477 e. The van der Waals surface area contributed by atoms with Crippen LogP contribution >= 0.6 is 0 Å². The van der Waals surface area contributed by atoms with Crippen LogP contribution in [0.3, 0.4) is 0 Å². The summed E-state index contributed by atoms with van der Waals surface area (Å²) in [6, 6.07) is 3.47. The molecule has 0 saturated heterocycles. The average Bonchev–Trinajstić information content (AvgIpc) is 2.82. The first-order valence-electron chi connectivity index (χ1n) is 5.51. The van der Waals surface area contributed by atoms with Gasteiger partial charge in [0.25, 0.3) is 5.91 Å². The van der Waals surface area contributed by atoms with Crippen LogP contribution < -0.4 is 5.32 Å². The third kappa shape index (κ3) is 2.59. The zero-order valence-electron chi connectivity index (χ0n) is 10.4. The highest BCUT2D eigenvalue weighted by Crippen LogP contribution is 2.14. The molecule has 3 N–H and O–H groups in total. The summed E-state index contributed by atoms with van der Waals surface area (Å²) in [5.41, 5.74) is 1.61. The number of carboxylic acids is 1. The fraction of sp³-hybridized carbons (Fsp3) is 0.167. The van der Waals surface area contributed by atoms with Crippen LogP contribution in [0.25, 0.3) is 0 Å². The molecule has 2 heterocycles. The van der Waals surface area contributed by atoms with Gasteiger partial charge in [0, 0.05) is 5.69 Å². The van der Waals surface area contributed by atoms with E-state index in [1.165, 1.54) is 6.33 Å². The molecule has 0 atom stereocenters. The number of carbonyl (C=O) groups excluding carboxylic acids is 1. The first kappa shape index (κ1) is 12.7. The van der Waals surface area contributed by atoms with Crippen LogP contribution in [0, 0.1) is 13.8 Å². The zero-order valence-corrected chi connectivity index (χ0v) is 10.4. The molecule has 0 fully saturated rings. The molecule has 0 spiro atoms. The molecule has 0 aromatic carbocycles. The number of aryl methyl sites for hydroxylation is 2. The second-order valence-corrected chi connectivity index (χ2v) is 3.97. The number of imidazole rings is 1. The Morgan fingerprint density at radius 1 is 1.32 bits per heavy atom. The molecule has 7 heteroatoms. The molecule has 1 amide bonds. The zero-order chi connectivity index (χ0) is 14.0. The lowest BCUT2D eigenvalue weighted by atomic mass is 10.2. The Morgan fingerprint density at radius 2 is 2.05 bits per heavy atom. The van der Waals surface area contributed by atoms with Crippen LogP contribution in [-0.2, 0) is 0 Å². The molecule has 2 rings (SSSR count). The highest BCUT2D eigenvalue weighted by Gasteiger charge is 2.20. The number of nitrogens with zero attached hydrogens (tertiary/aromatic N) is 2. The van der Waals surface area contributed by atoms with Crippen molar-refractivity contribution >= 4 is 17.6 Å². The van der Waals surface area contributed by atoms with Crippen molar-refractivity contribution in [2.24, 2.45) is 0 Å². The summed E-state index contributed by atoms with van der Waals surface area (Å²) < 4.78 is 0. The summed E-state index contributed by atoms with van der Waals surface area (Å²) in [5, 5.41) is 11.5. The molecule has 98 valence electrons. The van der Waals surface area contributed by atoms with Gasteiger partial charge in [-0.2, -0.15) is 0 Å². The standard InChI is InChI=1S/C12H12N4O3/c1-6-3-4-8(7(2)15-6)16-11(17)9-10(12(18)19)14-5-13-9/h3-5H,1-2H3,(H,13,14)(H,16,17)(H,18,19). The van der Waals surface area contributed by atoms with Crippen molar-refractivity contribution in [2.45, 2.75) is 13.8 Å². The first-order valence-corrected chi connectivity index (χ1v) is 5.51. The fourth-order valence-corrected chi connectivity index (χ4v) is 1.63. The summed E-state index contributed by atoms with van der Waals surface area (Å²) in [5.74, 6) is -1.83. The van der Waals surface area contributed by atoms with Gasteiger partial charge in [-0.1, -0.05) is 0 Å². The van der Waals surface area contributed by atoms with Gasteiger partial charge in [0.2, 0.25) is 0 Å². The van der Waals surface area contributed by atoms with E-state index in [4.69, 9.17) is 5.11 Å². The lowest BCUT2D eigenvalue weighted by Gasteiger charge is -2.07. The summed E-state index contributed by atoms with van der Waals surface area (Å²) in [4.78, 5) is 33.2. The molecule has 2 aromatic rings. The Bertz CT molecular complexity index is 648. The Labute approximate surface area is 108 Å². The van der Waals surface area contributed by atoms with E-state index >= 15 is 0 Å². The number of nitrogens with one attached hydrogen (secondary N) is 2. The number of aromatic nitrogens is 3. The fourth-order valence-electron chi connectivity index (χ4n) is 1.63. The molecular weight excluding hydrogens is 248 g/mol. The Hall–Kier alpha value is -2.70. The predicted molar refractivity (Wildman–Crippen MR) is 67.2 cm³/mol. The van der Waals surface area contributed by atoms with E-state index in [9.17, 15) is 9.59 Å². The summed E-state index contributed by atoms with van der Waals surface area (Å²) in [6.45, 7) is 3.60. The van der Waals surface area contributed by atoms with E-state index in [1.807, 2.05) is 6.92 Å². The van der Waals surface area contributed by atoms with Gasteiger partial charge >= 0.3 is 5.97 Å². The summed E-state index contributed by atoms with van der Waals surface area (Å²) in [7, 11) is 0. The minimum absolute atomic E-state index is 0.160. The number of rotatable bonds is 3. The lowest BCUT2D eigenvalue weighted by molar-refractivity contribution is 0.0686. The molecule has 19 heavy (non-hydrogen) atoms. The molecule has 0 aliphatic rings. The van der Waals surface area contributed by atoms with Gasteiger partial charge in [-0.05, 0) is 26.0 Å². The molecule has 7 nitrogen and oxygen atoms in total. The maximum Gasteiger partial charge on any atom is 0.354 e. The van der Waals surface area contributed by atoms with Crippen molar-refractivity contribution in [2.75, 3.05) is 5.32 Å². The average molecular weight is 260 g/mol. The molecule has 0 aliphatic heterocycles. The first-order chi connectivity index (χ1) is 8.99. The molecule has 2 aromatic heterocycles. The monoisotopic (exact) mass is 260 g/mol. The molecule has 0 bridgehead atoms. The van der Waals surface area contributed by atoms with Gasteiger partial charge in [-0.15, -0.1) is 0 Å². The lowest BCUT2D eigenvalue weighted by Crippen LogP contribution is -2.17. The Kier molecular flexibility index (Phi) is 3.28. The van der Waals surface area contributed by atoms with Crippen molar-refractivity contribution in [3.63, 3.8) is 0 Å². The van der Waals surface area contributed by atoms with Crippen LogP contribution in [0.2, 0.25) is 0 Å². The van der Waals surface area contributed by atoms with Crippen LogP contribution in [0.4, 0.5) is 5.69 Å². The summed E-state index contributed by atoms with van der Waals surface area (Å²) in [6.07, 6.45) is 1.17. The molecular formula is C12H12N4O3. The van der Waals surface area contributed by atoms with Gasteiger partial charge < -0.3 is 15.4 Å². The number of hydrogen-bond donors (Lipinski definition) is 3. The Balaban J connectivity index is 2.26. The quantitative estimate of drug-likeness (QED) is 0.772. The van der Waals surface area contributed by atoms with Crippen molar-refractivity contribution < 1.29 is 14.7 Å². The van der Waals surface area contributed by atoms with E-state index in [2.05, 4.69) is 20.3 Å². The number of hydrogen-bond acceptors (Lipinski definition) is 4. The number of carboxylic acid groups (broad SMARTS) is 1. The maximum atomic E-state index is 12.0. The molecule has 0 saturated carbocycles. The third-order valence-corrected chi connectivity index (χ3v) is 2.54. The van der Waals surface area contributed by atoms with Crippen molar-refractivity contribution in [1.29, 1.82) is 0 Å². The topological polar surface area (TPSA) is 108 Å². The van der Waals surface area contributed by atoms with Gasteiger partial charge in [0.1, 0.15) is 0 Å². The second-order valence-electron chi connectivity index (χ2n) is 3.97. The molecule has 0 unspecified atom stereocenters. The van der Waals surface area contributed by atoms with E-state index in [-0.39, 0.29) is 11.4 Å². The SMILES string of the molecule is Cc1ccc(NC(=O)c2nc[nH]c2C(=O)O)c(C)n1. The normalized spacial score (nSPS) is 10.2. The number of carbonyl (C=O) groups is 2. The van der Waals surface area contributed by atoms with Crippen molar-refractivity contribution in [3.05, 3.63) is 41.2 Å². The minimum atomic E-state index is -1.23. The highest BCUT2D eigenvalue weighted by molar-refractivity contribution is 6.08. The van der Waals surface area contributed by atoms with E-state index in [0.29, 0.717) is 11.4 Å². The number of aromatic amines is 1. The third-order valence-electron chi connectivity index (χ3n) is 2.54. The van der Waals surface area contributed by atoms with Crippen LogP contribution in [0.1, 0.15) is 32.4 Å². The van der Waals surface area contributed by atoms with E-state index in [1.54, 1.807) is 19.1 Å². The van der Waals surface area contributed by atoms with Gasteiger partial charge in [0.05, 0.1) is 17.7 Å². The number of pyridine rings is 1. The van der Waals surface area contributed by atoms with Crippen LogP contribution in [-0.4, -0.2) is 31.9 Å². The smallest absolute Gasteiger partial charge is 0.354 e.